The van der Waals surface area contributed by atoms with Gasteiger partial charge in [-0.15, -0.1) is 0 Å². The molecule has 1 rings (SSSR count). The normalized spacial score (nSPS) is 12.2. The number of pyridine rings is 1. The van der Waals surface area contributed by atoms with Gasteiger partial charge in [0.15, 0.2) is 0 Å². The number of aromatic amines is 1. The van der Waals surface area contributed by atoms with E-state index in [-0.39, 0.29) is 0 Å². The van der Waals surface area contributed by atoms with E-state index in [9.17, 15) is 26.7 Å². The molecule has 0 saturated heterocycles. The summed E-state index contributed by atoms with van der Waals surface area (Å²) in [5.41, 5.74) is -5.74. The van der Waals surface area contributed by atoms with E-state index in [4.69, 9.17) is 5.11 Å². The highest BCUT2D eigenvalue weighted by Crippen LogP contribution is 2.35. The number of H-pyrrole nitrogens is 1. The summed E-state index contributed by atoms with van der Waals surface area (Å²) < 4.78 is 61.9. The highest BCUT2D eigenvalue weighted by atomic mass is 19.4. The number of alkyl halides is 5. The van der Waals surface area contributed by atoms with Crippen LogP contribution in [0.25, 0.3) is 0 Å². The molecule has 8 heteroatoms. The van der Waals surface area contributed by atoms with Gasteiger partial charge in [0.05, 0.1) is 6.61 Å². The lowest BCUT2D eigenvalue weighted by Crippen LogP contribution is -2.25. The molecule has 0 unspecified atom stereocenters. The van der Waals surface area contributed by atoms with Crippen molar-refractivity contribution < 1.29 is 27.1 Å². The first-order valence-electron chi connectivity index (χ1n) is 3.99. The van der Waals surface area contributed by atoms with Gasteiger partial charge < -0.3 is 10.1 Å². The third kappa shape index (κ3) is 2.21. The monoisotopic (exact) mass is 243 g/mol. The van der Waals surface area contributed by atoms with E-state index in [1.165, 1.54) is 0 Å². The lowest BCUT2D eigenvalue weighted by atomic mass is 10.0. The Morgan fingerprint density at radius 2 is 1.94 bits per heavy atom. The molecule has 0 bridgehead atoms. The second kappa shape index (κ2) is 4.20. The summed E-state index contributed by atoms with van der Waals surface area (Å²) in [5.74, 6) is 0. The van der Waals surface area contributed by atoms with Crippen LogP contribution in [-0.4, -0.2) is 10.1 Å². The molecule has 0 saturated carbocycles. The molecule has 0 amide bonds. The Balaban J connectivity index is 3.62. The van der Waals surface area contributed by atoms with E-state index >= 15 is 0 Å². The predicted octanol–water partition coefficient (Wildman–Crippen LogP) is 1.82. The van der Waals surface area contributed by atoms with Crippen LogP contribution in [0.1, 0.15) is 23.1 Å². The molecule has 1 aromatic heterocycles. The largest absolute Gasteiger partial charge is 0.422 e. The van der Waals surface area contributed by atoms with E-state index in [0.717, 1.165) is 0 Å². The Kier molecular flexibility index (Phi) is 3.32. The fourth-order valence-corrected chi connectivity index (χ4v) is 1.25. The quantitative estimate of drug-likeness (QED) is 0.778. The zero-order chi connectivity index (χ0) is 12.5. The number of hydrogen-bond acceptors (Lipinski definition) is 2. The first kappa shape index (κ1) is 12.6. The van der Waals surface area contributed by atoms with Crippen LogP contribution in [0.2, 0.25) is 0 Å². The van der Waals surface area contributed by atoms with Crippen molar-refractivity contribution in [2.75, 3.05) is 0 Å². The summed E-state index contributed by atoms with van der Waals surface area (Å²) >= 11 is 0. The molecule has 0 aliphatic carbocycles. The van der Waals surface area contributed by atoms with Crippen molar-refractivity contribution in [1.82, 2.24) is 4.98 Å². The van der Waals surface area contributed by atoms with E-state index in [1.54, 1.807) is 4.98 Å². The van der Waals surface area contributed by atoms with Crippen molar-refractivity contribution in [3.05, 3.63) is 33.2 Å². The molecular weight excluding hydrogens is 237 g/mol. The van der Waals surface area contributed by atoms with Gasteiger partial charge in [-0.3, -0.25) is 4.79 Å². The van der Waals surface area contributed by atoms with Gasteiger partial charge >= 0.3 is 6.18 Å². The molecule has 2 N–H and O–H groups in total. The van der Waals surface area contributed by atoms with Crippen molar-refractivity contribution in [1.29, 1.82) is 0 Å². The maximum atomic E-state index is 12.4. The first-order chi connectivity index (χ1) is 7.29. The average Bonchev–Trinajstić information content (AvgIpc) is 2.15. The molecule has 0 spiro atoms. The summed E-state index contributed by atoms with van der Waals surface area (Å²) in [6.45, 7) is -1.01. The number of rotatable bonds is 2. The third-order valence-electron chi connectivity index (χ3n) is 1.89. The molecule has 0 aliphatic heterocycles. The van der Waals surface area contributed by atoms with Crippen LogP contribution < -0.4 is 5.56 Å². The number of aliphatic hydroxyl groups is 1. The number of aromatic nitrogens is 1. The van der Waals surface area contributed by atoms with Gasteiger partial charge in [0.25, 0.3) is 12.0 Å². The molecule has 1 heterocycles. The summed E-state index contributed by atoms with van der Waals surface area (Å²) in [4.78, 5) is 12.5. The van der Waals surface area contributed by atoms with Crippen LogP contribution in [-0.2, 0) is 12.8 Å². The predicted molar refractivity (Wildman–Crippen MR) is 42.9 cm³/mol. The number of halogens is 5. The lowest BCUT2D eigenvalue weighted by molar-refractivity contribution is -0.140. The summed E-state index contributed by atoms with van der Waals surface area (Å²) in [7, 11) is 0. The van der Waals surface area contributed by atoms with Gasteiger partial charge in [-0.05, 0) is 0 Å². The fourth-order valence-electron chi connectivity index (χ4n) is 1.25. The van der Waals surface area contributed by atoms with Gasteiger partial charge in [0, 0.05) is 17.3 Å². The van der Waals surface area contributed by atoms with Crippen LogP contribution in [0.3, 0.4) is 0 Å². The smallest absolute Gasteiger partial charge is 0.392 e. The van der Waals surface area contributed by atoms with Gasteiger partial charge in [0.1, 0.15) is 5.56 Å². The molecule has 0 aromatic carbocycles. The zero-order valence-corrected chi connectivity index (χ0v) is 7.61. The van der Waals surface area contributed by atoms with Crippen molar-refractivity contribution in [2.45, 2.75) is 19.2 Å². The van der Waals surface area contributed by atoms with Crippen molar-refractivity contribution in [2.24, 2.45) is 0 Å². The fraction of sp³-hybridized carbons (Fsp3) is 0.375. The minimum Gasteiger partial charge on any atom is -0.392 e. The van der Waals surface area contributed by atoms with E-state index in [2.05, 4.69) is 0 Å². The summed E-state index contributed by atoms with van der Waals surface area (Å²) in [6, 6.07) is 0. The Hall–Kier alpha value is -1.44. The van der Waals surface area contributed by atoms with Gasteiger partial charge in [0.2, 0.25) is 0 Å². The zero-order valence-electron chi connectivity index (χ0n) is 7.61. The Morgan fingerprint density at radius 1 is 1.38 bits per heavy atom. The second-order valence-electron chi connectivity index (χ2n) is 2.89. The number of aliphatic hydroxyl groups excluding tert-OH is 1. The van der Waals surface area contributed by atoms with Crippen LogP contribution in [0.4, 0.5) is 22.0 Å². The Morgan fingerprint density at radius 3 is 2.31 bits per heavy atom. The van der Waals surface area contributed by atoms with Crippen LogP contribution in [0, 0.1) is 0 Å². The standard InChI is InChI=1S/C8H6F5NO2/c9-6(10)4-3(2-15)1-14-7(16)5(4)8(11,12)13/h1,6,15H,2H2,(H,14,16). The third-order valence-corrected chi connectivity index (χ3v) is 1.89. The Labute approximate surface area is 85.5 Å². The Bertz CT molecular complexity index is 437. The molecular formula is C8H6F5NO2. The molecule has 1 aromatic rings. The lowest BCUT2D eigenvalue weighted by Gasteiger charge is -2.13. The molecule has 0 fully saturated rings. The molecule has 3 nitrogen and oxygen atoms in total. The first-order valence-corrected chi connectivity index (χ1v) is 3.99. The van der Waals surface area contributed by atoms with E-state index < -0.39 is 41.5 Å². The van der Waals surface area contributed by atoms with Gasteiger partial charge in [-0.2, -0.15) is 13.2 Å². The average molecular weight is 243 g/mol. The molecule has 0 atom stereocenters. The second-order valence-corrected chi connectivity index (χ2v) is 2.89. The number of hydrogen-bond donors (Lipinski definition) is 2. The molecule has 16 heavy (non-hydrogen) atoms. The SMILES string of the molecule is O=c1[nH]cc(CO)c(C(F)F)c1C(F)(F)F. The molecule has 90 valence electrons. The van der Waals surface area contributed by atoms with Crippen LogP contribution in [0.15, 0.2) is 11.0 Å². The summed E-state index contributed by atoms with van der Waals surface area (Å²) in [6.07, 6.45) is -8.04. The minimum absolute atomic E-state index is 0.638. The van der Waals surface area contributed by atoms with Crippen molar-refractivity contribution in [3.63, 3.8) is 0 Å². The van der Waals surface area contributed by atoms with E-state index in [1.807, 2.05) is 0 Å². The topological polar surface area (TPSA) is 53.1 Å². The van der Waals surface area contributed by atoms with Gasteiger partial charge in [-0.25, -0.2) is 8.78 Å². The highest BCUT2D eigenvalue weighted by molar-refractivity contribution is 5.34. The van der Waals surface area contributed by atoms with Crippen LogP contribution in [0.5, 0.6) is 0 Å². The maximum absolute atomic E-state index is 12.4. The highest BCUT2D eigenvalue weighted by Gasteiger charge is 2.40. The maximum Gasteiger partial charge on any atom is 0.422 e. The van der Waals surface area contributed by atoms with Crippen molar-refractivity contribution in [3.8, 4) is 0 Å². The minimum atomic E-state index is -5.19. The van der Waals surface area contributed by atoms with Gasteiger partial charge in [-0.1, -0.05) is 0 Å². The van der Waals surface area contributed by atoms with Crippen molar-refractivity contribution >= 4 is 0 Å². The number of nitrogens with one attached hydrogen (secondary N) is 1. The van der Waals surface area contributed by atoms with E-state index in [0.29, 0.717) is 6.20 Å². The molecule has 0 aliphatic rings. The molecule has 0 radical (unpaired) electrons. The summed E-state index contributed by atoms with van der Waals surface area (Å²) in [5, 5.41) is 8.63. The van der Waals surface area contributed by atoms with Crippen LogP contribution >= 0.6 is 0 Å².